The maximum Gasteiger partial charge on any atom is 0.387 e. The van der Waals surface area contributed by atoms with E-state index in [0.717, 1.165) is 6.42 Å². The van der Waals surface area contributed by atoms with Gasteiger partial charge in [0, 0.05) is 13.7 Å². The SMILES string of the molecule is CCOC1CC(Nc2ccccc2OC(F)F)C1OC. The second kappa shape index (κ2) is 6.85. The molecule has 1 N–H and O–H groups in total. The number of benzene rings is 1. The van der Waals surface area contributed by atoms with Crippen molar-refractivity contribution in [2.24, 2.45) is 0 Å². The van der Waals surface area contributed by atoms with Crippen LogP contribution in [-0.4, -0.2) is 38.6 Å². The third kappa shape index (κ3) is 3.37. The average Bonchev–Trinajstić information content (AvgIpc) is 2.39. The number of ether oxygens (including phenoxy) is 3. The van der Waals surface area contributed by atoms with Gasteiger partial charge in [0.05, 0.1) is 17.8 Å². The number of para-hydroxylation sites is 2. The Labute approximate surface area is 117 Å². The summed E-state index contributed by atoms with van der Waals surface area (Å²) in [5.74, 6) is 0.136. The van der Waals surface area contributed by atoms with E-state index in [1.54, 1.807) is 25.3 Å². The summed E-state index contributed by atoms with van der Waals surface area (Å²) >= 11 is 0. The van der Waals surface area contributed by atoms with Gasteiger partial charge in [-0.15, -0.1) is 0 Å². The summed E-state index contributed by atoms with van der Waals surface area (Å²) in [4.78, 5) is 0. The topological polar surface area (TPSA) is 39.7 Å². The molecule has 1 aliphatic rings. The zero-order valence-corrected chi connectivity index (χ0v) is 11.5. The van der Waals surface area contributed by atoms with Crippen molar-refractivity contribution in [3.63, 3.8) is 0 Å². The molecule has 112 valence electrons. The number of halogens is 2. The highest BCUT2D eigenvalue weighted by atomic mass is 19.3. The molecule has 0 amide bonds. The van der Waals surface area contributed by atoms with Crippen molar-refractivity contribution in [2.45, 2.75) is 38.2 Å². The molecule has 3 atom stereocenters. The van der Waals surface area contributed by atoms with Gasteiger partial charge in [-0.1, -0.05) is 12.1 Å². The van der Waals surface area contributed by atoms with Crippen LogP contribution in [0.3, 0.4) is 0 Å². The summed E-state index contributed by atoms with van der Waals surface area (Å²) in [5.41, 5.74) is 0.537. The van der Waals surface area contributed by atoms with Crippen LogP contribution in [0.2, 0.25) is 0 Å². The summed E-state index contributed by atoms with van der Waals surface area (Å²) in [7, 11) is 1.62. The quantitative estimate of drug-likeness (QED) is 0.837. The van der Waals surface area contributed by atoms with Gasteiger partial charge in [0.1, 0.15) is 11.9 Å². The van der Waals surface area contributed by atoms with Crippen LogP contribution < -0.4 is 10.1 Å². The number of hydrogen-bond donors (Lipinski definition) is 1. The lowest BCUT2D eigenvalue weighted by atomic mass is 9.85. The van der Waals surface area contributed by atoms with Crippen LogP contribution in [0.15, 0.2) is 24.3 Å². The van der Waals surface area contributed by atoms with E-state index < -0.39 is 6.61 Å². The minimum atomic E-state index is -2.84. The van der Waals surface area contributed by atoms with Crippen molar-refractivity contribution in [3.05, 3.63) is 24.3 Å². The molecular weight excluding hydrogens is 268 g/mol. The first-order chi connectivity index (χ1) is 9.65. The van der Waals surface area contributed by atoms with E-state index in [-0.39, 0.29) is 24.0 Å². The highest BCUT2D eigenvalue weighted by Crippen LogP contribution is 2.33. The molecule has 1 aromatic carbocycles. The van der Waals surface area contributed by atoms with Gasteiger partial charge in [0.15, 0.2) is 0 Å². The van der Waals surface area contributed by atoms with E-state index in [1.165, 1.54) is 6.07 Å². The van der Waals surface area contributed by atoms with Crippen LogP contribution in [-0.2, 0) is 9.47 Å². The van der Waals surface area contributed by atoms with Crippen LogP contribution in [0.5, 0.6) is 5.75 Å². The predicted molar refractivity (Wildman–Crippen MR) is 71.3 cm³/mol. The Bertz CT molecular complexity index is 431. The fraction of sp³-hybridized carbons (Fsp3) is 0.571. The fourth-order valence-corrected chi connectivity index (χ4v) is 2.40. The molecule has 2 rings (SSSR count). The van der Waals surface area contributed by atoms with Gasteiger partial charge in [-0.25, -0.2) is 0 Å². The highest BCUT2D eigenvalue weighted by Gasteiger charge is 2.42. The molecule has 0 saturated heterocycles. The van der Waals surface area contributed by atoms with Gasteiger partial charge in [0.2, 0.25) is 0 Å². The van der Waals surface area contributed by atoms with Gasteiger partial charge in [-0.05, 0) is 25.5 Å². The Morgan fingerprint density at radius 2 is 2.10 bits per heavy atom. The molecule has 1 fully saturated rings. The zero-order valence-electron chi connectivity index (χ0n) is 11.5. The summed E-state index contributed by atoms with van der Waals surface area (Å²) in [5, 5.41) is 3.18. The molecule has 0 heterocycles. The van der Waals surface area contributed by atoms with Gasteiger partial charge >= 0.3 is 6.61 Å². The molecule has 0 aromatic heterocycles. The van der Waals surface area contributed by atoms with Crippen molar-refractivity contribution < 1.29 is 23.0 Å². The molecule has 4 nitrogen and oxygen atoms in total. The van der Waals surface area contributed by atoms with E-state index >= 15 is 0 Å². The van der Waals surface area contributed by atoms with Gasteiger partial charge in [-0.2, -0.15) is 8.78 Å². The Balaban J connectivity index is 2.00. The van der Waals surface area contributed by atoms with Crippen molar-refractivity contribution in [1.82, 2.24) is 0 Å². The number of rotatable bonds is 7. The Kier molecular flexibility index (Phi) is 5.14. The number of anilines is 1. The summed E-state index contributed by atoms with van der Waals surface area (Å²) in [6, 6.07) is 6.66. The van der Waals surface area contributed by atoms with Gasteiger partial charge in [-0.3, -0.25) is 0 Å². The maximum absolute atomic E-state index is 12.3. The molecule has 0 bridgehead atoms. The van der Waals surface area contributed by atoms with E-state index in [2.05, 4.69) is 10.1 Å². The number of nitrogens with one attached hydrogen (secondary N) is 1. The van der Waals surface area contributed by atoms with Gasteiger partial charge in [0.25, 0.3) is 0 Å². The minimum Gasteiger partial charge on any atom is -0.433 e. The Hall–Kier alpha value is -1.40. The molecule has 3 unspecified atom stereocenters. The standard InChI is InChI=1S/C14H19F2NO3/c1-3-19-12-8-10(13(12)18-2)17-9-6-4-5-7-11(9)20-14(15)16/h4-7,10,12-14,17H,3,8H2,1-2H3. The number of alkyl halides is 2. The van der Waals surface area contributed by atoms with Crippen molar-refractivity contribution in [3.8, 4) is 5.75 Å². The van der Waals surface area contributed by atoms with E-state index in [0.29, 0.717) is 12.3 Å². The lowest BCUT2D eigenvalue weighted by Crippen LogP contribution is -2.56. The lowest BCUT2D eigenvalue weighted by Gasteiger charge is -2.43. The average molecular weight is 287 g/mol. The Morgan fingerprint density at radius 1 is 1.35 bits per heavy atom. The monoisotopic (exact) mass is 287 g/mol. The van der Waals surface area contributed by atoms with Crippen LogP contribution in [0.1, 0.15) is 13.3 Å². The van der Waals surface area contributed by atoms with Crippen LogP contribution >= 0.6 is 0 Å². The van der Waals surface area contributed by atoms with E-state index in [1.807, 2.05) is 6.92 Å². The second-order valence-electron chi connectivity index (χ2n) is 4.56. The number of methoxy groups -OCH3 is 1. The first-order valence-electron chi connectivity index (χ1n) is 6.60. The lowest BCUT2D eigenvalue weighted by molar-refractivity contribution is -0.118. The normalized spacial score (nSPS) is 25.4. The summed E-state index contributed by atoms with van der Waals surface area (Å²) in [6.07, 6.45) is 0.732. The fourth-order valence-electron chi connectivity index (χ4n) is 2.40. The molecule has 1 saturated carbocycles. The van der Waals surface area contributed by atoms with E-state index in [9.17, 15) is 8.78 Å². The van der Waals surface area contributed by atoms with E-state index in [4.69, 9.17) is 9.47 Å². The second-order valence-corrected chi connectivity index (χ2v) is 4.56. The smallest absolute Gasteiger partial charge is 0.387 e. The molecular formula is C14H19F2NO3. The molecule has 1 aliphatic carbocycles. The Morgan fingerprint density at radius 3 is 2.75 bits per heavy atom. The largest absolute Gasteiger partial charge is 0.433 e. The van der Waals surface area contributed by atoms with Crippen molar-refractivity contribution in [1.29, 1.82) is 0 Å². The van der Waals surface area contributed by atoms with Gasteiger partial charge < -0.3 is 19.5 Å². The number of hydrogen-bond acceptors (Lipinski definition) is 4. The zero-order chi connectivity index (χ0) is 14.5. The molecule has 1 aromatic rings. The highest BCUT2D eigenvalue weighted by molar-refractivity contribution is 5.57. The first kappa shape index (κ1) is 15.0. The van der Waals surface area contributed by atoms with Crippen molar-refractivity contribution in [2.75, 3.05) is 19.0 Å². The van der Waals surface area contributed by atoms with Crippen LogP contribution in [0, 0.1) is 0 Å². The molecule has 0 aliphatic heterocycles. The maximum atomic E-state index is 12.3. The van der Waals surface area contributed by atoms with Crippen LogP contribution in [0.4, 0.5) is 14.5 Å². The molecule has 0 spiro atoms. The predicted octanol–water partition coefficient (Wildman–Crippen LogP) is 2.89. The molecule has 6 heteroatoms. The van der Waals surface area contributed by atoms with Crippen LogP contribution in [0.25, 0.3) is 0 Å². The van der Waals surface area contributed by atoms with Crippen molar-refractivity contribution >= 4 is 5.69 Å². The summed E-state index contributed by atoms with van der Waals surface area (Å²) in [6.45, 7) is -0.282. The molecule has 20 heavy (non-hydrogen) atoms. The first-order valence-corrected chi connectivity index (χ1v) is 6.60. The minimum absolute atomic E-state index is 0.0268. The third-order valence-corrected chi connectivity index (χ3v) is 3.35. The molecule has 0 radical (unpaired) electrons. The summed E-state index contributed by atoms with van der Waals surface area (Å²) < 4.78 is 40.1. The third-order valence-electron chi connectivity index (χ3n) is 3.35.